The van der Waals surface area contributed by atoms with Gasteiger partial charge in [0.15, 0.2) is 0 Å². The second-order valence-corrected chi connectivity index (χ2v) is 6.09. The Kier molecular flexibility index (Phi) is 4.12. The maximum Gasteiger partial charge on any atom is 0.414 e. The summed E-state index contributed by atoms with van der Waals surface area (Å²) >= 11 is 0. The number of anilines is 2. The average Bonchev–Trinajstić information content (AvgIpc) is 3.09. The van der Waals surface area contributed by atoms with Crippen LogP contribution < -0.4 is 10.2 Å². The lowest BCUT2D eigenvalue weighted by molar-refractivity contribution is 0.181. The molecule has 3 aromatic rings. The Labute approximate surface area is 149 Å². The van der Waals surface area contributed by atoms with Gasteiger partial charge in [-0.2, -0.15) is 0 Å². The number of para-hydroxylation sites is 1. The summed E-state index contributed by atoms with van der Waals surface area (Å²) in [6.07, 6.45) is 1.01. The maximum atomic E-state index is 13.9. The molecule has 1 unspecified atom stereocenters. The number of hydrogen-bond donors (Lipinski definition) is 1. The Balaban J connectivity index is 1.62. The number of carbonyl (C=O) groups is 1. The zero-order chi connectivity index (χ0) is 18.1. The van der Waals surface area contributed by atoms with Crippen LogP contribution in [-0.2, 0) is 4.74 Å². The van der Waals surface area contributed by atoms with E-state index < -0.39 is 0 Å². The van der Waals surface area contributed by atoms with Crippen LogP contribution in [0.15, 0.2) is 48.8 Å². The van der Waals surface area contributed by atoms with Gasteiger partial charge in [0.05, 0.1) is 12.6 Å². The van der Waals surface area contributed by atoms with Gasteiger partial charge in [0.1, 0.15) is 30.1 Å². The summed E-state index contributed by atoms with van der Waals surface area (Å²) in [5.41, 5.74) is 2.05. The summed E-state index contributed by atoms with van der Waals surface area (Å²) in [5.74, 6) is 0.183. The normalized spacial score (nSPS) is 15.2. The zero-order valence-corrected chi connectivity index (χ0v) is 14.1. The van der Waals surface area contributed by atoms with Gasteiger partial charge in [-0.25, -0.2) is 19.2 Å². The molecule has 26 heavy (non-hydrogen) atoms. The minimum Gasteiger partial charge on any atom is -0.447 e. The number of carbonyl (C=O) groups excluding carboxylic acids is 1. The van der Waals surface area contributed by atoms with Crippen molar-refractivity contribution in [2.75, 3.05) is 23.4 Å². The SMILES string of the molecule is CC(Nc1ncnc2c(F)cccc12)c1cccc(N2CCOC2=O)c1. The molecule has 1 saturated heterocycles. The molecule has 2 heterocycles. The molecule has 6 nitrogen and oxygen atoms in total. The molecule has 1 aliphatic heterocycles. The van der Waals surface area contributed by atoms with Gasteiger partial charge in [0, 0.05) is 11.1 Å². The number of nitrogens with zero attached hydrogens (tertiary/aromatic N) is 3. The molecule has 0 bridgehead atoms. The van der Waals surface area contributed by atoms with Crippen LogP contribution in [0, 0.1) is 5.82 Å². The molecule has 132 valence electrons. The number of amides is 1. The molecule has 0 spiro atoms. The van der Waals surface area contributed by atoms with Crippen molar-refractivity contribution in [1.82, 2.24) is 9.97 Å². The largest absolute Gasteiger partial charge is 0.447 e. The first-order valence-corrected chi connectivity index (χ1v) is 8.33. The van der Waals surface area contributed by atoms with E-state index >= 15 is 0 Å². The Bertz CT molecular complexity index is 979. The number of rotatable bonds is 4. The van der Waals surface area contributed by atoms with Crippen molar-refractivity contribution in [3.63, 3.8) is 0 Å². The number of nitrogens with one attached hydrogen (secondary N) is 1. The quantitative estimate of drug-likeness (QED) is 0.771. The van der Waals surface area contributed by atoms with Gasteiger partial charge in [-0.05, 0) is 36.8 Å². The summed E-state index contributed by atoms with van der Waals surface area (Å²) < 4.78 is 18.9. The Morgan fingerprint density at radius 3 is 2.88 bits per heavy atom. The molecule has 0 saturated carbocycles. The molecule has 2 aromatic carbocycles. The minimum atomic E-state index is -0.379. The molecule has 1 aromatic heterocycles. The minimum absolute atomic E-state index is 0.102. The number of cyclic esters (lactones) is 1. The van der Waals surface area contributed by atoms with Crippen molar-refractivity contribution >= 4 is 28.5 Å². The second kappa shape index (κ2) is 6.59. The van der Waals surface area contributed by atoms with E-state index in [4.69, 9.17) is 4.74 Å². The molecule has 4 rings (SSSR count). The van der Waals surface area contributed by atoms with Gasteiger partial charge < -0.3 is 10.1 Å². The van der Waals surface area contributed by atoms with Crippen LogP contribution >= 0.6 is 0 Å². The predicted molar refractivity (Wildman–Crippen MR) is 96.7 cm³/mol. The fourth-order valence-corrected chi connectivity index (χ4v) is 3.04. The molecule has 0 radical (unpaired) electrons. The lowest BCUT2D eigenvalue weighted by Gasteiger charge is -2.19. The van der Waals surface area contributed by atoms with Gasteiger partial charge in [-0.1, -0.05) is 18.2 Å². The van der Waals surface area contributed by atoms with Crippen LogP contribution in [-0.4, -0.2) is 29.2 Å². The van der Waals surface area contributed by atoms with E-state index in [1.165, 1.54) is 12.4 Å². The highest BCUT2D eigenvalue weighted by Gasteiger charge is 2.24. The smallest absolute Gasteiger partial charge is 0.414 e. The highest BCUT2D eigenvalue weighted by Crippen LogP contribution is 2.27. The molecule has 1 amide bonds. The fraction of sp³-hybridized carbons (Fsp3) is 0.211. The van der Waals surface area contributed by atoms with Crippen LogP contribution in [0.2, 0.25) is 0 Å². The molecule has 1 fully saturated rings. The molecule has 7 heteroatoms. The topological polar surface area (TPSA) is 67.3 Å². The third kappa shape index (κ3) is 2.92. The van der Waals surface area contributed by atoms with Crippen LogP contribution in [0.1, 0.15) is 18.5 Å². The lowest BCUT2D eigenvalue weighted by atomic mass is 10.1. The molecule has 1 N–H and O–H groups in total. The lowest BCUT2D eigenvalue weighted by Crippen LogP contribution is -2.23. The molecular weight excluding hydrogens is 335 g/mol. The summed E-state index contributed by atoms with van der Waals surface area (Å²) in [4.78, 5) is 21.6. The summed E-state index contributed by atoms with van der Waals surface area (Å²) in [6.45, 7) is 2.92. The monoisotopic (exact) mass is 352 g/mol. The third-order valence-corrected chi connectivity index (χ3v) is 4.41. The van der Waals surface area contributed by atoms with Crippen molar-refractivity contribution in [3.8, 4) is 0 Å². The Hall–Kier alpha value is -3.22. The Morgan fingerprint density at radius 1 is 1.23 bits per heavy atom. The highest BCUT2D eigenvalue weighted by atomic mass is 19.1. The van der Waals surface area contributed by atoms with Gasteiger partial charge >= 0.3 is 6.09 Å². The second-order valence-electron chi connectivity index (χ2n) is 6.09. The van der Waals surface area contributed by atoms with E-state index in [1.54, 1.807) is 17.0 Å². The van der Waals surface area contributed by atoms with Crippen LogP contribution in [0.4, 0.5) is 20.7 Å². The van der Waals surface area contributed by atoms with Gasteiger partial charge in [0.25, 0.3) is 0 Å². The number of benzene rings is 2. The maximum absolute atomic E-state index is 13.9. The van der Waals surface area contributed by atoms with Crippen LogP contribution in [0.5, 0.6) is 0 Å². The highest BCUT2D eigenvalue weighted by molar-refractivity contribution is 5.90. The number of aromatic nitrogens is 2. The van der Waals surface area contributed by atoms with Crippen molar-refractivity contribution in [2.24, 2.45) is 0 Å². The van der Waals surface area contributed by atoms with E-state index in [0.717, 1.165) is 11.3 Å². The van der Waals surface area contributed by atoms with Crippen molar-refractivity contribution in [1.29, 1.82) is 0 Å². The Morgan fingerprint density at radius 2 is 2.08 bits per heavy atom. The number of fused-ring (bicyclic) bond motifs is 1. The zero-order valence-electron chi connectivity index (χ0n) is 14.1. The first-order valence-electron chi connectivity index (χ1n) is 8.33. The van der Waals surface area contributed by atoms with E-state index in [-0.39, 0.29) is 23.5 Å². The molecule has 1 atom stereocenters. The van der Waals surface area contributed by atoms with Crippen molar-refractivity contribution in [2.45, 2.75) is 13.0 Å². The summed E-state index contributed by atoms with van der Waals surface area (Å²) in [6, 6.07) is 12.4. The van der Waals surface area contributed by atoms with E-state index in [9.17, 15) is 9.18 Å². The van der Waals surface area contributed by atoms with Gasteiger partial charge in [-0.3, -0.25) is 4.90 Å². The number of halogens is 1. The summed E-state index contributed by atoms with van der Waals surface area (Å²) in [5, 5.41) is 3.93. The first-order chi connectivity index (χ1) is 12.6. The van der Waals surface area contributed by atoms with E-state index in [2.05, 4.69) is 15.3 Å². The number of hydrogen-bond acceptors (Lipinski definition) is 5. The first kappa shape index (κ1) is 16.3. The van der Waals surface area contributed by atoms with E-state index in [0.29, 0.717) is 24.4 Å². The average molecular weight is 352 g/mol. The van der Waals surface area contributed by atoms with Crippen LogP contribution in [0.25, 0.3) is 10.9 Å². The van der Waals surface area contributed by atoms with Crippen LogP contribution in [0.3, 0.4) is 0 Å². The third-order valence-electron chi connectivity index (χ3n) is 4.41. The fourth-order valence-electron chi connectivity index (χ4n) is 3.04. The van der Waals surface area contributed by atoms with Crippen molar-refractivity contribution < 1.29 is 13.9 Å². The molecule has 0 aliphatic carbocycles. The summed E-state index contributed by atoms with van der Waals surface area (Å²) in [7, 11) is 0. The predicted octanol–water partition coefficient (Wildman–Crippen LogP) is 3.90. The molecule has 1 aliphatic rings. The van der Waals surface area contributed by atoms with Gasteiger partial charge in [0.2, 0.25) is 0 Å². The standard InChI is InChI=1S/C19H17FN4O2/c1-12(13-4-2-5-14(10-13)24-8-9-26-19(24)25)23-18-15-6-3-7-16(20)17(15)21-11-22-18/h2-7,10-12H,8-9H2,1H3,(H,21,22,23). The van der Waals surface area contributed by atoms with Crippen molar-refractivity contribution in [3.05, 3.63) is 60.2 Å². The molecular formula is C19H17FN4O2. The van der Waals surface area contributed by atoms with Gasteiger partial charge in [-0.15, -0.1) is 0 Å². The number of ether oxygens (including phenoxy) is 1. The van der Waals surface area contributed by atoms with E-state index in [1.807, 2.05) is 31.2 Å².